The molecule has 1 aliphatic heterocycles. The standard InChI is InChI=1S/C14H20N2O2/c1-10(12-6-4-3-5-7-12)16-14(17)13-11(2)18-9-8-15-13/h3-7,10-11,13,15H,8-9H2,1-2H3,(H,16,17)/t10?,11-,13+/m1/s1. The van der Waals surface area contributed by atoms with Crippen molar-refractivity contribution in [1.29, 1.82) is 0 Å². The van der Waals surface area contributed by atoms with Gasteiger partial charge in [0, 0.05) is 6.54 Å². The normalized spacial score (nSPS) is 25.4. The van der Waals surface area contributed by atoms with Gasteiger partial charge in [-0.3, -0.25) is 4.79 Å². The fraction of sp³-hybridized carbons (Fsp3) is 0.500. The zero-order valence-electron chi connectivity index (χ0n) is 10.8. The average molecular weight is 248 g/mol. The third-order valence-corrected chi connectivity index (χ3v) is 3.26. The Labute approximate surface area is 108 Å². The molecule has 4 nitrogen and oxygen atoms in total. The van der Waals surface area contributed by atoms with Gasteiger partial charge in [-0.05, 0) is 19.4 Å². The summed E-state index contributed by atoms with van der Waals surface area (Å²) in [5.41, 5.74) is 1.11. The van der Waals surface area contributed by atoms with E-state index in [-0.39, 0.29) is 24.1 Å². The van der Waals surface area contributed by atoms with Gasteiger partial charge in [0.1, 0.15) is 6.04 Å². The molecular weight excluding hydrogens is 228 g/mol. The van der Waals surface area contributed by atoms with E-state index in [0.29, 0.717) is 6.61 Å². The second-order valence-electron chi connectivity index (χ2n) is 4.65. The number of carbonyl (C=O) groups is 1. The van der Waals surface area contributed by atoms with Crippen LogP contribution in [0.15, 0.2) is 30.3 Å². The van der Waals surface area contributed by atoms with E-state index in [0.717, 1.165) is 12.1 Å². The van der Waals surface area contributed by atoms with E-state index < -0.39 is 0 Å². The Morgan fingerprint density at radius 1 is 1.44 bits per heavy atom. The summed E-state index contributed by atoms with van der Waals surface area (Å²) < 4.78 is 5.48. The molecule has 0 radical (unpaired) electrons. The molecule has 2 N–H and O–H groups in total. The number of hydrogen-bond acceptors (Lipinski definition) is 3. The Bertz CT molecular complexity index is 394. The molecule has 0 bridgehead atoms. The van der Waals surface area contributed by atoms with E-state index in [1.807, 2.05) is 44.2 Å². The first-order valence-electron chi connectivity index (χ1n) is 6.39. The Morgan fingerprint density at radius 2 is 2.17 bits per heavy atom. The lowest BCUT2D eigenvalue weighted by molar-refractivity contribution is -0.129. The highest BCUT2D eigenvalue weighted by atomic mass is 16.5. The van der Waals surface area contributed by atoms with Crippen molar-refractivity contribution in [2.75, 3.05) is 13.2 Å². The molecule has 1 aromatic rings. The predicted molar refractivity (Wildman–Crippen MR) is 70.2 cm³/mol. The molecule has 3 atom stereocenters. The van der Waals surface area contributed by atoms with Crippen LogP contribution in [0.4, 0.5) is 0 Å². The molecular formula is C14H20N2O2. The van der Waals surface area contributed by atoms with Gasteiger partial charge >= 0.3 is 0 Å². The second kappa shape index (κ2) is 5.98. The van der Waals surface area contributed by atoms with Crippen molar-refractivity contribution in [3.8, 4) is 0 Å². The van der Waals surface area contributed by atoms with Gasteiger partial charge in [-0.2, -0.15) is 0 Å². The molecule has 1 aliphatic rings. The number of nitrogens with one attached hydrogen (secondary N) is 2. The maximum Gasteiger partial charge on any atom is 0.240 e. The lowest BCUT2D eigenvalue weighted by atomic mass is 10.1. The molecule has 0 aliphatic carbocycles. The molecule has 98 valence electrons. The number of morpholine rings is 1. The second-order valence-corrected chi connectivity index (χ2v) is 4.65. The van der Waals surface area contributed by atoms with Crippen LogP contribution >= 0.6 is 0 Å². The molecule has 1 amide bonds. The van der Waals surface area contributed by atoms with Crippen molar-refractivity contribution in [2.45, 2.75) is 32.0 Å². The average Bonchev–Trinajstić information content (AvgIpc) is 2.40. The Balaban J connectivity index is 1.94. The SMILES string of the molecule is CC(NC(=O)[C@H]1NCCO[C@@H]1C)c1ccccc1. The minimum atomic E-state index is -0.259. The lowest BCUT2D eigenvalue weighted by Crippen LogP contribution is -2.55. The van der Waals surface area contributed by atoms with Crippen LogP contribution in [0, 0.1) is 0 Å². The van der Waals surface area contributed by atoms with Crippen molar-refractivity contribution in [3.63, 3.8) is 0 Å². The monoisotopic (exact) mass is 248 g/mol. The van der Waals surface area contributed by atoms with E-state index in [1.165, 1.54) is 0 Å². The molecule has 0 saturated carbocycles. The predicted octanol–water partition coefficient (Wildman–Crippen LogP) is 1.24. The van der Waals surface area contributed by atoms with Crippen LogP contribution in [0.5, 0.6) is 0 Å². The summed E-state index contributed by atoms with van der Waals surface area (Å²) in [4.78, 5) is 12.1. The van der Waals surface area contributed by atoms with Crippen LogP contribution in [0.25, 0.3) is 0 Å². The summed E-state index contributed by atoms with van der Waals surface area (Å²) >= 11 is 0. The van der Waals surface area contributed by atoms with Gasteiger partial charge in [-0.1, -0.05) is 30.3 Å². The minimum Gasteiger partial charge on any atom is -0.375 e. The number of hydrogen-bond donors (Lipinski definition) is 2. The van der Waals surface area contributed by atoms with Crippen LogP contribution in [0.2, 0.25) is 0 Å². The van der Waals surface area contributed by atoms with Crippen molar-refractivity contribution < 1.29 is 9.53 Å². The van der Waals surface area contributed by atoms with Crippen molar-refractivity contribution in [1.82, 2.24) is 10.6 Å². The van der Waals surface area contributed by atoms with Crippen LogP contribution in [-0.4, -0.2) is 31.2 Å². The molecule has 1 saturated heterocycles. The van der Waals surface area contributed by atoms with Crippen molar-refractivity contribution >= 4 is 5.91 Å². The van der Waals surface area contributed by atoms with E-state index in [4.69, 9.17) is 4.74 Å². The molecule has 1 fully saturated rings. The summed E-state index contributed by atoms with van der Waals surface area (Å²) in [6.07, 6.45) is -0.0817. The quantitative estimate of drug-likeness (QED) is 0.846. The molecule has 1 aromatic carbocycles. The first kappa shape index (κ1) is 13.1. The highest BCUT2D eigenvalue weighted by Crippen LogP contribution is 2.12. The van der Waals surface area contributed by atoms with E-state index >= 15 is 0 Å². The number of carbonyl (C=O) groups excluding carboxylic acids is 1. The van der Waals surface area contributed by atoms with Crippen LogP contribution in [0.3, 0.4) is 0 Å². The Hall–Kier alpha value is -1.39. The van der Waals surface area contributed by atoms with Gasteiger partial charge in [-0.15, -0.1) is 0 Å². The molecule has 0 aromatic heterocycles. The topological polar surface area (TPSA) is 50.4 Å². The summed E-state index contributed by atoms with van der Waals surface area (Å²) in [6.45, 7) is 5.30. The van der Waals surface area contributed by atoms with E-state index in [2.05, 4.69) is 10.6 Å². The van der Waals surface area contributed by atoms with Crippen LogP contribution < -0.4 is 10.6 Å². The zero-order chi connectivity index (χ0) is 13.0. The fourth-order valence-corrected chi connectivity index (χ4v) is 2.16. The first-order chi connectivity index (χ1) is 8.68. The van der Waals surface area contributed by atoms with Gasteiger partial charge in [-0.25, -0.2) is 0 Å². The van der Waals surface area contributed by atoms with Gasteiger partial charge in [0.15, 0.2) is 0 Å². The molecule has 0 spiro atoms. The number of benzene rings is 1. The third kappa shape index (κ3) is 3.09. The largest absolute Gasteiger partial charge is 0.375 e. The number of rotatable bonds is 3. The smallest absolute Gasteiger partial charge is 0.240 e. The third-order valence-electron chi connectivity index (χ3n) is 3.26. The highest BCUT2D eigenvalue weighted by Gasteiger charge is 2.28. The van der Waals surface area contributed by atoms with Crippen LogP contribution in [-0.2, 0) is 9.53 Å². The zero-order valence-corrected chi connectivity index (χ0v) is 10.8. The maximum absolute atomic E-state index is 12.1. The highest BCUT2D eigenvalue weighted by molar-refractivity contribution is 5.82. The molecule has 4 heteroatoms. The molecule has 1 heterocycles. The summed E-state index contributed by atoms with van der Waals surface area (Å²) in [6, 6.07) is 9.69. The molecule has 2 rings (SSSR count). The van der Waals surface area contributed by atoms with E-state index in [1.54, 1.807) is 0 Å². The summed E-state index contributed by atoms with van der Waals surface area (Å²) in [5.74, 6) is -0.00134. The van der Waals surface area contributed by atoms with Crippen LogP contribution in [0.1, 0.15) is 25.5 Å². The number of amides is 1. The molecule has 18 heavy (non-hydrogen) atoms. The lowest BCUT2D eigenvalue weighted by Gasteiger charge is -2.30. The van der Waals surface area contributed by atoms with Gasteiger partial charge in [0.25, 0.3) is 0 Å². The van der Waals surface area contributed by atoms with E-state index in [9.17, 15) is 4.79 Å². The maximum atomic E-state index is 12.1. The van der Waals surface area contributed by atoms with Crippen molar-refractivity contribution in [3.05, 3.63) is 35.9 Å². The van der Waals surface area contributed by atoms with Gasteiger partial charge in [0.2, 0.25) is 5.91 Å². The van der Waals surface area contributed by atoms with Crippen molar-refractivity contribution in [2.24, 2.45) is 0 Å². The van der Waals surface area contributed by atoms with Gasteiger partial charge < -0.3 is 15.4 Å². The number of ether oxygens (including phenoxy) is 1. The van der Waals surface area contributed by atoms with Gasteiger partial charge in [0.05, 0.1) is 18.8 Å². The summed E-state index contributed by atoms with van der Waals surface area (Å²) in [5, 5.41) is 6.20. The molecule has 1 unspecified atom stereocenters. The first-order valence-corrected chi connectivity index (χ1v) is 6.39. The minimum absolute atomic E-state index is 0.00134. The summed E-state index contributed by atoms with van der Waals surface area (Å²) in [7, 11) is 0. The fourth-order valence-electron chi connectivity index (χ4n) is 2.16. The Kier molecular flexibility index (Phi) is 4.33. The Morgan fingerprint density at radius 3 is 2.83 bits per heavy atom.